The zero-order valence-electron chi connectivity index (χ0n) is 11.6. The Morgan fingerprint density at radius 3 is 2.48 bits per heavy atom. The first-order valence-electron chi connectivity index (χ1n) is 6.42. The van der Waals surface area contributed by atoms with Gasteiger partial charge in [-0.25, -0.2) is 14.2 Å². The third-order valence-corrected chi connectivity index (χ3v) is 2.83. The number of ether oxygens (including phenoxy) is 1. The van der Waals surface area contributed by atoms with Crippen LogP contribution in [0.1, 0.15) is 11.1 Å². The Morgan fingerprint density at radius 2 is 1.81 bits per heavy atom. The summed E-state index contributed by atoms with van der Waals surface area (Å²) in [7, 11) is 1.54. The van der Waals surface area contributed by atoms with Crippen molar-refractivity contribution in [2.45, 2.75) is 13.1 Å². The number of hydrogen-bond acceptors (Lipinski definition) is 3. The lowest BCUT2D eigenvalue weighted by molar-refractivity contribution is 0.240. The molecule has 0 aliphatic heterocycles. The molecule has 6 heteroatoms. The van der Waals surface area contributed by atoms with Crippen LogP contribution in [0.15, 0.2) is 42.6 Å². The lowest BCUT2D eigenvalue weighted by Crippen LogP contribution is -2.34. The molecule has 0 aliphatic rings. The molecule has 0 fully saturated rings. The van der Waals surface area contributed by atoms with Crippen LogP contribution < -0.4 is 15.4 Å². The first kappa shape index (κ1) is 14.8. The second-order valence-corrected chi connectivity index (χ2v) is 4.37. The van der Waals surface area contributed by atoms with Crippen LogP contribution in [0, 0.1) is 5.82 Å². The Balaban J connectivity index is 1.78. The molecule has 2 rings (SSSR count). The van der Waals surface area contributed by atoms with Gasteiger partial charge in [-0.05, 0) is 29.3 Å². The van der Waals surface area contributed by atoms with E-state index in [1.165, 1.54) is 19.2 Å². The van der Waals surface area contributed by atoms with Crippen LogP contribution in [0.4, 0.5) is 9.18 Å². The van der Waals surface area contributed by atoms with E-state index < -0.39 is 0 Å². The maximum absolute atomic E-state index is 12.7. The molecular formula is C15H16FN3O2. The number of halogens is 1. The Kier molecular flexibility index (Phi) is 5.09. The van der Waals surface area contributed by atoms with Gasteiger partial charge >= 0.3 is 6.03 Å². The molecule has 0 atom stereocenters. The molecule has 1 aromatic carbocycles. The molecule has 21 heavy (non-hydrogen) atoms. The summed E-state index contributed by atoms with van der Waals surface area (Å²) in [6.45, 7) is 0.708. The normalized spacial score (nSPS) is 10.0. The van der Waals surface area contributed by atoms with Crippen molar-refractivity contribution in [3.63, 3.8) is 0 Å². The molecule has 0 unspecified atom stereocenters. The molecule has 5 nitrogen and oxygen atoms in total. The largest absolute Gasteiger partial charge is 0.481 e. The van der Waals surface area contributed by atoms with E-state index >= 15 is 0 Å². The molecule has 2 N–H and O–H groups in total. The Morgan fingerprint density at radius 1 is 1.14 bits per heavy atom. The molecule has 0 saturated carbocycles. The molecule has 0 aliphatic carbocycles. The van der Waals surface area contributed by atoms with E-state index in [9.17, 15) is 9.18 Å². The lowest BCUT2D eigenvalue weighted by Gasteiger charge is -2.08. The highest BCUT2D eigenvalue weighted by Gasteiger charge is 2.02. The number of rotatable bonds is 5. The number of nitrogens with zero attached hydrogens (tertiary/aromatic N) is 1. The van der Waals surface area contributed by atoms with Gasteiger partial charge in [-0.3, -0.25) is 0 Å². The van der Waals surface area contributed by atoms with E-state index in [1.54, 1.807) is 30.5 Å². The van der Waals surface area contributed by atoms with Gasteiger partial charge < -0.3 is 15.4 Å². The molecule has 110 valence electrons. The number of carbonyl (C=O) groups is 1. The lowest BCUT2D eigenvalue weighted by atomic mass is 10.2. The fourth-order valence-corrected chi connectivity index (χ4v) is 1.70. The average Bonchev–Trinajstić information content (AvgIpc) is 2.52. The van der Waals surface area contributed by atoms with Crippen molar-refractivity contribution in [1.82, 2.24) is 15.6 Å². The summed E-state index contributed by atoms with van der Waals surface area (Å²) in [5.74, 6) is 0.204. The molecule has 2 amide bonds. The quantitative estimate of drug-likeness (QED) is 0.887. The molecule has 1 heterocycles. The van der Waals surface area contributed by atoms with Crippen LogP contribution in [0.5, 0.6) is 5.88 Å². The van der Waals surface area contributed by atoms with Crippen molar-refractivity contribution in [2.24, 2.45) is 0 Å². The van der Waals surface area contributed by atoms with Crippen LogP contribution in [0.3, 0.4) is 0 Å². The first-order valence-corrected chi connectivity index (χ1v) is 6.42. The zero-order valence-corrected chi connectivity index (χ0v) is 11.6. The number of methoxy groups -OCH3 is 1. The van der Waals surface area contributed by atoms with Gasteiger partial charge in [-0.1, -0.05) is 12.1 Å². The summed E-state index contributed by atoms with van der Waals surface area (Å²) in [5.41, 5.74) is 1.72. The van der Waals surface area contributed by atoms with Crippen molar-refractivity contribution in [3.05, 3.63) is 59.5 Å². The van der Waals surface area contributed by atoms with Crippen molar-refractivity contribution in [3.8, 4) is 5.88 Å². The fourth-order valence-electron chi connectivity index (χ4n) is 1.70. The Bertz CT molecular complexity index is 602. The maximum Gasteiger partial charge on any atom is 0.315 e. The molecule has 1 aromatic heterocycles. The number of urea groups is 1. The summed E-state index contributed by atoms with van der Waals surface area (Å²) in [5, 5.41) is 5.42. The first-order chi connectivity index (χ1) is 10.2. The number of carbonyl (C=O) groups excluding carboxylic acids is 1. The average molecular weight is 289 g/mol. The van der Waals surface area contributed by atoms with Gasteiger partial charge in [0.05, 0.1) is 7.11 Å². The molecule has 0 radical (unpaired) electrons. The van der Waals surface area contributed by atoms with Crippen LogP contribution in [-0.4, -0.2) is 18.1 Å². The topological polar surface area (TPSA) is 63.2 Å². The smallest absolute Gasteiger partial charge is 0.315 e. The van der Waals surface area contributed by atoms with Gasteiger partial charge in [-0.2, -0.15) is 0 Å². The maximum atomic E-state index is 12.7. The van der Waals surface area contributed by atoms with Crippen LogP contribution in [0.25, 0.3) is 0 Å². The minimum absolute atomic E-state index is 0.296. The van der Waals surface area contributed by atoms with Crippen molar-refractivity contribution >= 4 is 6.03 Å². The van der Waals surface area contributed by atoms with Crippen LogP contribution in [-0.2, 0) is 13.1 Å². The summed E-state index contributed by atoms with van der Waals surface area (Å²) < 4.78 is 17.7. The summed E-state index contributed by atoms with van der Waals surface area (Å²) in [4.78, 5) is 15.7. The van der Waals surface area contributed by atoms with E-state index in [0.29, 0.717) is 19.0 Å². The summed E-state index contributed by atoms with van der Waals surface area (Å²) in [6.07, 6.45) is 1.62. The second kappa shape index (κ2) is 7.23. The minimum atomic E-state index is -0.296. The summed E-state index contributed by atoms with van der Waals surface area (Å²) >= 11 is 0. The Labute approximate surface area is 122 Å². The molecular weight excluding hydrogens is 273 g/mol. The third-order valence-electron chi connectivity index (χ3n) is 2.83. The van der Waals surface area contributed by atoms with E-state index in [0.717, 1.165) is 11.1 Å². The Hall–Kier alpha value is -2.63. The van der Waals surface area contributed by atoms with Gasteiger partial charge in [0.1, 0.15) is 5.82 Å². The van der Waals surface area contributed by atoms with Crippen LogP contribution >= 0.6 is 0 Å². The fraction of sp³-hybridized carbons (Fsp3) is 0.200. The number of aromatic nitrogens is 1. The van der Waals surface area contributed by atoms with Gasteiger partial charge in [-0.15, -0.1) is 0 Å². The SMILES string of the molecule is COc1cc(CNC(=O)NCc2ccc(F)cc2)ccn1. The standard InChI is InChI=1S/C15H16FN3O2/c1-21-14-8-12(6-7-17-14)10-19-15(20)18-9-11-2-4-13(16)5-3-11/h2-8H,9-10H2,1H3,(H2,18,19,20). The number of hydrogen-bond donors (Lipinski definition) is 2. The molecule has 0 saturated heterocycles. The van der Waals surface area contributed by atoms with Crippen LogP contribution in [0.2, 0.25) is 0 Å². The predicted molar refractivity (Wildman–Crippen MR) is 76.3 cm³/mol. The highest BCUT2D eigenvalue weighted by molar-refractivity contribution is 5.73. The highest BCUT2D eigenvalue weighted by Crippen LogP contribution is 2.08. The van der Waals surface area contributed by atoms with E-state index in [4.69, 9.17) is 4.74 Å². The van der Waals surface area contributed by atoms with Crippen molar-refractivity contribution in [2.75, 3.05) is 7.11 Å². The van der Waals surface area contributed by atoms with Gasteiger partial charge in [0.15, 0.2) is 0 Å². The van der Waals surface area contributed by atoms with Gasteiger partial charge in [0, 0.05) is 25.4 Å². The van der Waals surface area contributed by atoms with E-state index in [2.05, 4.69) is 15.6 Å². The number of pyridine rings is 1. The van der Waals surface area contributed by atoms with Gasteiger partial charge in [0.2, 0.25) is 5.88 Å². The van der Waals surface area contributed by atoms with E-state index in [1.807, 2.05) is 0 Å². The third kappa shape index (κ3) is 4.76. The zero-order chi connectivity index (χ0) is 15.1. The minimum Gasteiger partial charge on any atom is -0.481 e. The summed E-state index contributed by atoms with van der Waals surface area (Å²) in [6, 6.07) is 9.22. The molecule has 0 spiro atoms. The number of benzene rings is 1. The molecule has 0 bridgehead atoms. The predicted octanol–water partition coefficient (Wildman–Crippen LogP) is 2.23. The number of amides is 2. The molecule has 2 aromatic rings. The highest BCUT2D eigenvalue weighted by atomic mass is 19.1. The van der Waals surface area contributed by atoms with Crippen molar-refractivity contribution < 1.29 is 13.9 Å². The monoisotopic (exact) mass is 289 g/mol. The van der Waals surface area contributed by atoms with E-state index in [-0.39, 0.29) is 11.8 Å². The second-order valence-electron chi connectivity index (χ2n) is 4.37. The van der Waals surface area contributed by atoms with Crippen molar-refractivity contribution in [1.29, 1.82) is 0 Å². The van der Waals surface area contributed by atoms with Gasteiger partial charge in [0.25, 0.3) is 0 Å². The number of nitrogens with one attached hydrogen (secondary N) is 2.